The fourth-order valence-corrected chi connectivity index (χ4v) is 2.68. The van der Waals surface area contributed by atoms with Crippen LogP contribution in [0, 0.1) is 11.3 Å². The first-order valence-corrected chi connectivity index (χ1v) is 7.72. The second-order valence-electron chi connectivity index (χ2n) is 5.36. The third-order valence-corrected chi connectivity index (χ3v) is 4.05. The zero-order chi connectivity index (χ0) is 14.2. The maximum atomic E-state index is 8.52. The number of hydrogen-bond acceptors (Lipinski definition) is 3. The molecule has 0 radical (unpaired) electrons. The summed E-state index contributed by atoms with van der Waals surface area (Å²) in [5.74, 6) is 0. The Kier molecular flexibility index (Phi) is 6.32. The van der Waals surface area contributed by atoms with Crippen molar-refractivity contribution in [2.45, 2.75) is 25.8 Å². The molecule has 0 N–H and O–H groups in total. The van der Waals surface area contributed by atoms with Crippen LogP contribution in [-0.2, 0) is 6.54 Å². The first-order valence-electron chi connectivity index (χ1n) is 7.34. The maximum Gasteiger partial charge on any atom is 0.0621 e. The van der Waals surface area contributed by atoms with Gasteiger partial charge >= 0.3 is 0 Å². The molecule has 1 aromatic carbocycles. The molecule has 0 atom stereocenters. The summed E-state index contributed by atoms with van der Waals surface area (Å²) >= 11 is 5.90. The van der Waals surface area contributed by atoms with Gasteiger partial charge in [0.25, 0.3) is 0 Å². The van der Waals surface area contributed by atoms with Crippen LogP contribution < -0.4 is 0 Å². The summed E-state index contributed by atoms with van der Waals surface area (Å²) in [4.78, 5) is 5.00. The van der Waals surface area contributed by atoms with Crippen molar-refractivity contribution in [1.82, 2.24) is 9.80 Å². The van der Waals surface area contributed by atoms with E-state index in [2.05, 4.69) is 28.0 Å². The van der Waals surface area contributed by atoms with Gasteiger partial charge in [0.05, 0.1) is 6.07 Å². The Morgan fingerprint density at radius 1 is 1.00 bits per heavy atom. The van der Waals surface area contributed by atoms with E-state index < -0.39 is 0 Å². The van der Waals surface area contributed by atoms with Crippen LogP contribution in [0.2, 0.25) is 5.02 Å². The van der Waals surface area contributed by atoms with E-state index >= 15 is 0 Å². The lowest BCUT2D eigenvalue weighted by molar-refractivity contribution is 0.126. The van der Waals surface area contributed by atoms with Crippen LogP contribution in [0.25, 0.3) is 0 Å². The van der Waals surface area contributed by atoms with Crippen molar-refractivity contribution in [1.29, 1.82) is 5.26 Å². The molecule has 1 saturated heterocycles. The highest BCUT2D eigenvalue weighted by Gasteiger charge is 2.16. The fourth-order valence-electron chi connectivity index (χ4n) is 2.56. The number of rotatable bonds is 6. The Morgan fingerprint density at radius 3 is 2.30 bits per heavy atom. The molecule has 1 aliphatic heterocycles. The lowest BCUT2D eigenvalue weighted by atomic mass is 10.2. The Balaban J connectivity index is 1.66. The average molecular weight is 292 g/mol. The van der Waals surface area contributed by atoms with Crippen LogP contribution in [0.4, 0.5) is 0 Å². The minimum absolute atomic E-state index is 0.691. The molecule has 1 aromatic rings. The zero-order valence-electron chi connectivity index (χ0n) is 11.9. The number of hydrogen-bond donors (Lipinski definition) is 0. The van der Waals surface area contributed by atoms with Crippen LogP contribution in [0.5, 0.6) is 0 Å². The van der Waals surface area contributed by atoms with Crippen molar-refractivity contribution in [3.63, 3.8) is 0 Å². The third-order valence-electron chi connectivity index (χ3n) is 3.80. The highest BCUT2D eigenvalue weighted by Crippen LogP contribution is 2.13. The van der Waals surface area contributed by atoms with E-state index in [0.29, 0.717) is 6.42 Å². The summed E-state index contributed by atoms with van der Waals surface area (Å²) in [7, 11) is 0. The van der Waals surface area contributed by atoms with Gasteiger partial charge in [-0.15, -0.1) is 0 Å². The van der Waals surface area contributed by atoms with Gasteiger partial charge in [0.2, 0.25) is 0 Å². The van der Waals surface area contributed by atoms with E-state index in [9.17, 15) is 0 Å². The number of unbranched alkanes of at least 4 members (excludes halogenated alkanes) is 2. The van der Waals surface area contributed by atoms with Crippen molar-refractivity contribution < 1.29 is 0 Å². The quantitative estimate of drug-likeness (QED) is 0.754. The highest BCUT2D eigenvalue weighted by atomic mass is 35.5. The molecule has 4 heteroatoms. The first-order chi connectivity index (χ1) is 9.78. The second-order valence-corrected chi connectivity index (χ2v) is 5.80. The molecule has 1 heterocycles. The number of piperazine rings is 1. The molecular weight excluding hydrogens is 270 g/mol. The Labute approximate surface area is 126 Å². The zero-order valence-corrected chi connectivity index (χ0v) is 12.6. The number of nitrogens with zero attached hydrogens (tertiary/aromatic N) is 3. The summed E-state index contributed by atoms with van der Waals surface area (Å²) in [5.41, 5.74) is 1.33. The summed E-state index contributed by atoms with van der Waals surface area (Å²) in [6.07, 6.45) is 2.86. The van der Waals surface area contributed by atoms with E-state index in [1.807, 2.05) is 12.1 Å². The van der Waals surface area contributed by atoms with Crippen molar-refractivity contribution in [2.24, 2.45) is 0 Å². The predicted molar refractivity (Wildman–Crippen MR) is 82.6 cm³/mol. The van der Waals surface area contributed by atoms with Crippen LogP contribution in [-0.4, -0.2) is 42.5 Å². The standard InChI is InChI=1S/C16H22ClN3/c17-16-6-4-15(5-7-16)14-20-12-10-19(11-13-20)9-3-1-2-8-18/h4-7H,1-3,9-14H2. The first kappa shape index (κ1) is 15.3. The summed E-state index contributed by atoms with van der Waals surface area (Å²) < 4.78 is 0. The Morgan fingerprint density at radius 2 is 1.65 bits per heavy atom. The molecule has 0 bridgehead atoms. The van der Waals surface area contributed by atoms with E-state index in [0.717, 1.165) is 57.1 Å². The van der Waals surface area contributed by atoms with Gasteiger partial charge in [-0.05, 0) is 37.1 Å². The average Bonchev–Trinajstić information content (AvgIpc) is 2.48. The number of halogens is 1. The Bertz CT molecular complexity index is 430. The van der Waals surface area contributed by atoms with Crippen LogP contribution in [0.3, 0.4) is 0 Å². The highest BCUT2D eigenvalue weighted by molar-refractivity contribution is 6.30. The lowest BCUT2D eigenvalue weighted by Crippen LogP contribution is -2.46. The van der Waals surface area contributed by atoms with Gasteiger partial charge in [0.1, 0.15) is 0 Å². The van der Waals surface area contributed by atoms with Gasteiger partial charge in [-0.1, -0.05) is 23.7 Å². The normalized spacial score (nSPS) is 17.0. The molecule has 3 nitrogen and oxygen atoms in total. The van der Waals surface area contributed by atoms with Crippen LogP contribution in [0.1, 0.15) is 24.8 Å². The maximum absolute atomic E-state index is 8.52. The minimum atomic E-state index is 0.691. The lowest BCUT2D eigenvalue weighted by Gasteiger charge is -2.34. The van der Waals surface area contributed by atoms with Crippen molar-refractivity contribution in [3.05, 3.63) is 34.9 Å². The van der Waals surface area contributed by atoms with Gasteiger partial charge in [0, 0.05) is 44.2 Å². The predicted octanol–water partition coefficient (Wildman–Crippen LogP) is 3.15. The molecule has 0 spiro atoms. The molecule has 108 valence electrons. The molecule has 0 aliphatic carbocycles. The third kappa shape index (κ3) is 5.13. The molecule has 1 aliphatic rings. The molecule has 0 saturated carbocycles. The van der Waals surface area contributed by atoms with E-state index in [4.69, 9.17) is 16.9 Å². The smallest absolute Gasteiger partial charge is 0.0621 e. The van der Waals surface area contributed by atoms with E-state index in [1.165, 1.54) is 5.56 Å². The molecule has 1 fully saturated rings. The van der Waals surface area contributed by atoms with Gasteiger partial charge in [-0.2, -0.15) is 5.26 Å². The summed E-state index contributed by atoms with van der Waals surface area (Å²) in [6, 6.07) is 10.3. The minimum Gasteiger partial charge on any atom is -0.301 e. The van der Waals surface area contributed by atoms with Crippen LogP contribution in [0.15, 0.2) is 24.3 Å². The van der Waals surface area contributed by atoms with Crippen molar-refractivity contribution in [2.75, 3.05) is 32.7 Å². The molecule has 20 heavy (non-hydrogen) atoms. The molecule has 0 unspecified atom stereocenters. The summed E-state index contributed by atoms with van der Waals surface area (Å²) in [5, 5.41) is 9.32. The van der Waals surface area contributed by atoms with Gasteiger partial charge < -0.3 is 4.90 Å². The van der Waals surface area contributed by atoms with Gasteiger partial charge in [-0.25, -0.2) is 0 Å². The number of benzene rings is 1. The van der Waals surface area contributed by atoms with Crippen molar-refractivity contribution >= 4 is 11.6 Å². The Hall–Kier alpha value is -1.08. The van der Waals surface area contributed by atoms with E-state index in [1.54, 1.807) is 0 Å². The molecular formula is C16H22ClN3. The fraction of sp³-hybridized carbons (Fsp3) is 0.562. The van der Waals surface area contributed by atoms with Gasteiger partial charge in [0.15, 0.2) is 0 Å². The van der Waals surface area contributed by atoms with Gasteiger partial charge in [-0.3, -0.25) is 4.90 Å². The molecule has 2 rings (SSSR count). The monoisotopic (exact) mass is 291 g/mol. The molecule has 0 aromatic heterocycles. The molecule has 0 amide bonds. The van der Waals surface area contributed by atoms with Crippen molar-refractivity contribution in [3.8, 4) is 6.07 Å². The number of nitriles is 1. The van der Waals surface area contributed by atoms with Crippen LogP contribution >= 0.6 is 11.6 Å². The second kappa shape index (κ2) is 8.26. The topological polar surface area (TPSA) is 30.3 Å². The summed E-state index contributed by atoms with van der Waals surface area (Å²) in [6.45, 7) is 6.68. The SMILES string of the molecule is N#CCCCCN1CCN(Cc2ccc(Cl)cc2)CC1. The largest absolute Gasteiger partial charge is 0.301 e. The van der Waals surface area contributed by atoms with E-state index in [-0.39, 0.29) is 0 Å².